The minimum atomic E-state index is -0.196. The highest BCUT2D eigenvalue weighted by atomic mass is 35.5. The zero-order valence-electron chi connectivity index (χ0n) is 15.1. The van der Waals surface area contributed by atoms with Crippen molar-refractivity contribution >= 4 is 17.5 Å². The second kappa shape index (κ2) is 7.45. The van der Waals surface area contributed by atoms with Gasteiger partial charge in [0.2, 0.25) is 0 Å². The highest BCUT2D eigenvalue weighted by Crippen LogP contribution is 2.38. The number of fused-ring (bicyclic) bond motifs is 1. The van der Waals surface area contributed by atoms with Crippen LogP contribution in [0.5, 0.6) is 5.75 Å². The van der Waals surface area contributed by atoms with Crippen LogP contribution in [-0.2, 0) is 6.42 Å². The van der Waals surface area contributed by atoms with Crippen LogP contribution in [0.15, 0.2) is 72.8 Å². The van der Waals surface area contributed by atoms with Crippen molar-refractivity contribution in [1.82, 2.24) is 4.90 Å². The van der Waals surface area contributed by atoms with Crippen LogP contribution >= 0.6 is 11.6 Å². The molecule has 0 aromatic heterocycles. The zero-order valence-corrected chi connectivity index (χ0v) is 15.8. The van der Waals surface area contributed by atoms with Crippen molar-refractivity contribution in [3.05, 3.63) is 100 Å². The fourth-order valence-corrected chi connectivity index (χ4v) is 3.96. The lowest BCUT2D eigenvalue weighted by Gasteiger charge is -2.38. The van der Waals surface area contributed by atoms with E-state index in [9.17, 15) is 4.79 Å². The zero-order chi connectivity index (χ0) is 18.8. The molecule has 0 unspecified atom stereocenters. The lowest BCUT2D eigenvalue weighted by molar-refractivity contribution is 0.0694. The molecule has 27 heavy (non-hydrogen) atoms. The van der Waals surface area contributed by atoms with Gasteiger partial charge in [-0.1, -0.05) is 54.1 Å². The van der Waals surface area contributed by atoms with Crippen molar-refractivity contribution in [3.63, 3.8) is 0 Å². The third kappa shape index (κ3) is 3.31. The maximum absolute atomic E-state index is 13.3. The van der Waals surface area contributed by atoms with Gasteiger partial charge in [-0.2, -0.15) is 0 Å². The SMILES string of the molecule is COc1ccc(C(=O)N2CCc3ccccc3[C@@H]2c2ccccc2Cl)cc1. The number of benzene rings is 3. The highest BCUT2D eigenvalue weighted by molar-refractivity contribution is 6.31. The number of carbonyl (C=O) groups excluding carboxylic acids is 1. The molecule has 4 heteroatoms. The van der Waals surface area contributed by atoms with Crippen molar-refractivity contribution < 1.29 is 9.53 Å². The van der Waals surface area contributed by atoms with E-state index in [0.29, 0.717) is 17.1 Å². The Morgan fingerprint density at radius 3 is 2.33 bits per heavy atom. The summed E-state index contributed by atoms with van der Waals surface area (Å²) in [7, 11) is 1.62. The van der Waals surface area contributed by atoms with Gasteiger partial charge in [-0.15, -0.1) is 0 Å². The number of halogens is 1. The molecule has 3 aromatic rings. The first kappa shape index (κ1) is 17.6. The van der Waals surface area contributed by atoms with Crippen molar-refractivity contribution in [1.29, 1.82) is 0 Å². The number of rotatable bonds is 3. The molecule has 1 heterocycles. The summed E-state index contributed by atoms with van der Waals surface area (Å²) >= 11 is 6.53. The lowest BCUT2D eigenvalue weighted by atomic mass is 9.87. The largest absolute Gasteiger partial charge is 0.497 e. The Morgan fingerprint density at radius 2 is 1.63 bits per heavy atom. The van der Waals surface area contributed by atoms with E-state index in [1.54, 1.807) is 7.11 Å². The van der Waals surface area contributed by atoms with Crippen LogP contribution in [0.1, 0.15) is 33.1 Å². The van der Waals surface area contributed by atoms with Crippen LogP contribution in [0.25, 0.3) is 0 Å². The molecule has 0 saturated carbocycles. The molecule has 0 spiro atoms. The average Bonchev–Trinajstić information content (AvgIpc) is 2.73. The van der Waals surface area contributed by atoms with Crippen LogP contribution in [0.3, 0.4) is 0 Å². The molecule has 136 valence electrons. The Bertz CT molecular complexity index is 968. The van der Waals surface area contributed by atoms with Gasteiger partial charge in [0.15, 0.2) is 0 Å². The van der Waals surface area contributed by atoms with Gasteiger partial charge < -0.3 is 9.64 Å². The van der Waals surface area contributed by atoms with Crippen LogP contribution in [0, 0.1) is 0 Å². The molecular formula is C23H20ClNO2. The third-order valence-electron chi connectivity index (χ3n) is 5.08. The summed E-state index contributed by atoms with van der Waals surface area (Å²) in [5.41, 5.74) is 4.00. The summed E-state index contributed by atoms with van der Waals surface area (Å²) in [5.74, 6) is 0.732. The van der Waals surface area contributed by atoms with E-state index in [1.165, 1.54) is 5.56 Å². The summed E-state index contributed by atoms with van der Waals surface area (Å²) in [6.45, 7) is 0.651. The van der Waals surface area contributed by atoms with E-state index >= 15 is 0 Å². The quantitative estimate of drug-likeness (QED) is 0.632. The monoisotopic (exact) mass is 377 g/mol. The van der Waals surface area contributed by atoms with E-state index in [0.717, 1.165) is 23.3 Å². The van der Waals surface area contributed by atoms with Gasteiger partial charge in [-0.25, -0.2) is 0 Å². The summed E-state index contributed by atoms with van der Waals surface area (Å²) in [4.78, 5) is 15.3. The van der Waals surface area contributed by atoms with Crippen molar-refractivity contribution in [2.45, 2.75) is 12.5 Å². The van der Waals surface area contributed by atoms with Gasteiger partial charge in [0.25, 0.3) is 5.91 Å². The van der Waals surface area contributed by atoms with Gasteiger partial charge in [0.1, 0.15) is 5.75 Å². The Balaban J connectivity index is 1.78. The van der Waals surface area contributed by atoms with Crippen molar-refractivity contribution in [3.8, 4) is 5.75 Å². The number of amides is 1. The standard InChI is InChI=1S/C23H20ClNO2/c1-27-18-12-10-17(11-13-18)23(26)25-15-14-16-6-2-3-7-19(16)22(25)20-8-4-5-9-21(20)24/h2-13,22H,14-15H2,1H3/t22-/m1/s1. The number of nitrogens with zero attached hydrogens (tertiary/aromatic N) is 1. The molecule has 1 atom stereocenters. The fourth-order valence-electron chi connectivity index (χ4n) is 3.72. The second-order valence-electron chi connectivity index (χ2n) is 6.60. The van der Waals surface area contributed by atoms with Gasteiger partial charge in [-0.05, 0) is 53.4 Å². The first-order valence-electron chi connectivity index (χ1n) is 8.96. The molecule has 0 fully saturated rings. The molecule has 0 radical (unpaired) electrons. The van der Waals surface area contributed by atoms with E-state index in [1.807, 2.05) is 65.6 Å². The molecule has 1 aliphatic rings. The molecule has 4 rings (SSSR count). The molecule has 0 saturated heterocycles. The number of carbonyl (C=O) groups is 1. The van der Waals surface area contributed by atoms with Gasteiger partial charge >= 0.3 is 0 Å². The van der Waals surface area contributed by atoms with E-state index in [2.05, 4.69) is 12.1 Å². The summed E-state index contributed by atoms with van der Waals surface area (Å²) in [6, 6.07) is 23.1. The summed E-state index contributed by atoms with van der Waals surface area (Å²) in [6.07, 6.45) is 0.832. The van der Waals surface area contributed by atoms with Crippen LogP contribution < -0.4 is 4.74 Å². The van der Waals surface area contributed by atoms with Gasteiger partial charge in [0.05, 0.1) is 13.2 Å². The number of hydrogen-bond donors (Lipinski definition) is 0. The minimum absolute atomic E-state index is 0.00271. The Hall–Kier alpha value is -2.78. The molecule has 1 aliphatic heterocycles. The van der Waals surface area contributed by atoms with Crippen LogP contribution in [-0.4, -0.2) is 24.5 Å². The van der Waals surface area contributed by atoms with Crippen molar-refractivity contribution in [2.24, 2.45) is 0 Å². The third-order valence-corrected chi connectivity index (χ3v) is 5.43. The van der Waals surface area contributed by atoms with Crippen molar-refractivity contribution in [2.75, 3.05) is 13.7 Å². The first-order valence-corrected chi connectivity index (χ1v) is 9.34. The Labute approximate surface area is 164 Å². The minimum Gasteiger partial charge on any atom is -0.497 e. The van der Waals surface area contributed by atoms with E-state index in [-0.39, 0.29) is 11.9 Å². The predicted octanol–water partition coefficient (Wildman–Crippen LogP) is 5.14. The highest BCUT2D eigenvalue weighted by Gasteiger charge is 2.33. The Kier molecular flexibility index (Phi) is 4.87. The molecule has 0 bridgehead atoms. The fraction of sp³-hybridized carbons (Fsp3) is 0.174. The molecular weight excluding hydrogens is 358 g/mol. The molecule has 0 aliphatic carbocycles. The average molecular weight is 378 g/mol. The van der Waals surface area contributed by atoms with E-state index in [4.69, 9.17) is 16.3 Å². The maximum Gasteiger partial charge on any atom is 0.254 e. The second-order valence-corrected chi connectivity index (χ2v) is 7.01. The number of methoxy groups -OCH3 is 1. The van der Waals surface area contributed by atoms with Crippen LogP contribution in [0.4, 0.5) is 0 Å². The Morgan fingerprint density at radius 1 is 0.963 bits per heavy atom. The van der Waals surface area contributed by atoms with Gasteiger partial charge in [0, 0.05) is 17.1 Å². The first-order chi connectivity index (χ1) is 13.2. The molecule has 0 N–H and O–H groups in total. The molecule has 1 amide bonds. The summed E-state index contributed by atoms with van der Waals surface area (Å²) in [5, 5.41) is 0.673. The number of ether oxygens (including phenoxy) is 1. The topological polar surface area (TPSA) is 29.5 Å². The normalized spacial score (nSPS) is 15.9. The predicted molar refractivity (Wildman–Crippen MR) is 107 cm³/mol. The maximum atomic E-state index is 13.3. The number of hydrogen-bond acceptors (Lipinski definition) is 2. The smallest absolute Gasteiger partial charge is 0.254 e. The van der Waals surface area contributed by atoms with E-state index < -0.39 is 0 Å². The van der Waals surface area contributed by atoms with Gasteiger partial charge in [-0.3, -0.25) is 4.79 Å². The summed E-state index contributed by atoms with van der Waals surface area (Å²) < 4.78 is 5.20. The van der Waals surface area contributed by atoms with Crippen LogP contribution in [0.2, 0.25) is 5.02 Å². The molecule has 3 aromatic carbocycles. The lowest BCUT2D eigenvalue weighted by Crippen LogP contribution is -2.40. The molecule has 3 nitrogen and oxygen atoms in total.